The minimum atomic E-state index is 0.456. The summed E-state index contributed by atoms with van der Waals surface area (Å²) in [7, 11) is 0. The maximum Gasteiger partial charge on any atom is -0.0169 e. The third-order valence-corrected chi connectivity index (χ3v) is 2.78. The Morgan fingerprint density at radius 2 is 1.05 bits per heavy atom. The van der Waals surface area contributed by atoms with Crippen molar-refractivity contribution in [3.63, 3.8) is 0 Å². The van der Waals surface area contributed by atoms with Gasteiger partial charge in [0.1, 0.15) is 0 Å². The zero-order chi connectivity index (χ0) is 14.4. The highest BCUT2D eigenvalue weighted by Crippen LogP contribution is 2.20. The summed E-state index contributed by atoms with van der Waals surface area (Å²) in [6, 6.07) is 0. The fourth-order valence-electron chi connectivity index (χ4n) is 1.61. The standard InChI is InChI=1S/C19H32/c1-5-6-7-8-9-10-11-12-13-14-15-16-17-18-19(2,3)4/h6-7,9-10,12-13,15-16H,5,8,11,14,17-18H2,1-4H3/b7-6-,10-9-,13-12-,16-15-. The summed E-state index contributed by atoms with van der Waals surface area (Å²) in [6.45, 7) is 9.05. The lowest BCUT2D eigenvalue weighted by Gasteiger charge is -2.15. The predicted octanol–water partition coefficient (Wildman–Crippen LogP) is 6.62. The van der Waals surface area contributed by atoms with E-state index in [0.717, 1.165) is 25.7 Å². The molecule has 0 fully saturated rings. The minimum absolute atomic E-state index is 0.456. The Morgan fingerprint density at radius 3 is 1.47 bits per heavy atom. The Labute approximate surface area is 121 Å². The molecule has 0 heteroatoms. The van der Waals surface area contributed by atoms with Crippen molar-refractivity contribution in [2.45, 2.75) is 66.2 Å². The van der Waals surface area contributed by atoms with Gasteiger partial charge in [-0.3, -0.25) is 0 Å². The summed E-state index contributed by atoms with van der Waals surface area (Å²) in [6.07, 6.45) is 24.7. The molecule has 0 spiro atoms. The topological polar surface area (TPSA) is 0 Å². The number of allylic oxidation sites excluding steroid dienone is 8. The molecule has 0 bridgehead atoms. The van der Waals surface area contributed by atoms with E-state index in [-0.39, 0.29) is 0 Å². The second kappa shape index (κ2) is 12.0. The zero-order valence-corrected chi connectivity index (χ0v) is 13.4. The number of hydrogen-bond acceptors (Lipinski definition) is 0. The normalized spacial score (nSPS) is 13.7. The van der Waals surface area contributed by atoms with E-state index in [1.54, 1.807) is 0 Å². The van der Waals surface area contributed by atoms with Crippen molar-refractivity contribution in [2.24, 2.45) is 5.41 Å². The molecule has 0 heterocycles. The van der Waals surface area contributed by atoms with Crippen LogP contribution in [0.3, 0.4) is 0 Å². The van der Waals surface area contributed by atoms with E-state index in [0.29, 0.717) is 5.41 Å². The van der Waals surface area contributed by atoms with Crippen LogP contribution in [0, 0.1) is 5.41 Å². The second-order valence-corrected chi connectivity index (χ2v) is 6.10. The van der Waals surface area contributed by atoms with Crippen molar-refractivity contribution in [3.05, 3.63) is 48.6 Å². The first-order chi connectivity index (χ1) is 9.06. The van der Waals surface area contributed by atoms with Gasteiger partial charge in [0, 0.05) is 0 Å². The van der Waals surface area contributed by atoms with Crippen molar-refractivity contribution in [3.8, 4) is 0 Å². The molecule has 0 aliphatic rings. The largest absolute Gasteiger partial charge is 0.0885 e. The minimum Gasteiger partial charge on any atom is -0.0885 e. The molecule has 0 aliphatic heterocycles. The molecule has 0 aromatic carbocycles. The van der Waals surface area contributed by atoms with Crippen LogP contribution in [-0.2, 0) is 0 Å². The molecular weight excluding hydrogens is 228 g/mol. The first kappa shape index (κ1) is 18.0. The van der Waals surface area contributed by atoms with Crippen LogP contribution < -0.4 is 0 Å². The molecule has 0 nitrogen and oxygen atoms in total. The van der Waals surface area contributed by atoms with E-state index < -0.39 is 0 Å². The van der Waals surface area contributed by atoms with Crippen molar-refractivity contribution >= 4 is 0 Å². The van der Waals surface area contributed by atoms with Gasteiger partial charge in [-0.2, -0.15) is 0 Å². The van der Waals surface area contributed by atoms with Gasteiger partial charge in [-0.05, 0) is 43.9 Å². The van der Waals surface area contributed by atoms with Gasteiger partial charge in [0.05, 0.1) is 0 Å². The third-order valence-electron chi connectivity index (χ3n) is 2.78. The Hall–Kier alpha value is -1.04. The van der Waals surface area contributed by atoms with E-state index in [9.17, 15) is 0 Å². The van der Waals surface area contributed by atoms with E-state index in [1.165, 1.54) is 12.8 Å². The molecule has 0 saturated carbocycles. The maximum absolute atomic E-state index is 2.31. The Kier molecular flexibility index (Phi) is 11.4. The van der Waals surface area contributed by atoms with E-state index in [2.05, 4.69) is 76.3 Å². The summed E-state index contributed by atoms with van der Waals surface area (Å²) >= 11 is 0. The van der Waals surface area contributed by atoms with Gasteiger partial charge in [-0.25, -0.2) is 0 Å². The second-order valence-electron chi connectivity index (χ2n) is 6.10. The van der Waals surface area contributed by atoms with Crippen LogP contribution >= 0.6 is 0 Å². The van der Waals surface area contributed by atoms with Crippen LogP contribution in [0.25, 0.3) is 0 Å². The molecule has 108 valence electrons. The molecule has 0 aromatic heterocycles. The molecule has 0 atom stereocenters. The predicted molar refractivity (Wildman–Crippen MR) is 89.4 cm³/mol. The highest BCUT2D eigenvalue weighted by atomic mass is 14.1. The van der Waals surface area contributed by atoms with Crippen LogP contribution in [0.2, 0.25) is 0 Å². The Morgan fingerprint density at radius 1 is 0.632 bits per heavy atom. The monoisotopic (exact) mass is 260 g/mol. The lowest BCUT2D eigenvalue weighted by atomic mass is 9.90. The van der Waals surface area contributed by atoms with Crippen LogP contribution in [0.1, 0.15) is 66.2 Å². The average molecular weight is 260 g/mol. The zero-order valence-electron chi connectivity index (χ0n) is 13.4. The first-order valence-electron chi connectivity index (χ1n) is 7.66. The smallest absolute Gasteiger partial charge is 0.0169 e. The summed E-state index contributed by atoms with van der Waals surface area (Å²) in [5, 5.41) is 0. The molecule has 0 amide bonds. The van der Waals surface area contributed by atoms with Gasteiger partial charge >= 0.3 is 0 Å². The third kappa shape index (κ3) is 17.0. The molecule has 19 heavy (non-hydrogen) atoms. The molecule has 0 saturated heterocycles. The van der Waals surface area contributed by atoms with Gasteiger partial charge in [0.2, 0.25) is 0 Å². The fourth-order valence-corrected chi connectivity index (χ4v) is 1.61. The van der Waals surface area contributed by atoms with Crippen LogP contribution in [0.15, 0.2) is 48.6 Å². The van der Waals surface area contributed by atoms with Crippen molar-refractivity contribution in [2.75, 3.05) is 0 Å². The number of hydrogen-bond donors (Lipinski definition) is 0. The van der Waals surface area contributed by atoms with Crippen molar-refractivity contribution in [1.82, 2.24) is 0 Å². The lowest BCUT2D eigenvalue weighted by Crippen LogP contribution is -2.02. The van der Waals surface area contributed by atoms with Crippen molar-refractivity contribution < 1.29 is 0 Å². The highest BCUT2D eigenvalue weighted by Gasteiger charge is 2.07. The van der Waals surface area contributed by atoms with Crippen LogP contribution in [0.5, 0.6) is 0 Å². The summed E-state index contributed by atoms with van der Waals surface area (Å²) in [5.41, 5.74) is 0.456. The SMILES string of the molecule is CC/C=C\C/C=C\C/C=C\C/C=C\CCC(C)(C)C. The van der Waals surface area contributed by atoms with Gasteiger partial charge in [0.15, 0.2) is 0 Å². The van der Waals surface area contributed by atoms with Gasteiger partial charge in [-0.1, -0.05) is 76.3 Å². The quantitative estimate of drug-likeness (QED) is 0.409. The lowest BCUT2D eigenvalue weighted by molar-refractivity contribution is 0.381. The molecule has 0 aliphatic carbocycles. The molecule has 0 rings (SSSR count). The van der Waals surface area contributed by atoms with E-state index >= 15 is 0 Å². The van der Waals surface area contributed by atoms with E-state index in [4.69, 9.17) is 0 Å². The van der Waals surface area contributed by atoms with Gasteiger partial charge in [0.25, 0.3) is 0 Å². The van der Waals surface area contributed by atoms with Crippen LogP contribution in [-0.4, -0.2) is 0 Å². The summed E-state index contributed by atoms with van der Waals surface area (Å²) in [5.74, 6) is 0. The van der Waals surface area contributed by atoms with Crippen LogP contribution in [0.4, 0.5) is 0 Å². The first-order valence-corrected chi connectivity index (χ1v) is 7.66. The molecule has 0 N–H and O–H groups in total. The summed E-state index contributed by atoms with van der Waals surface area (Å²) < 4.78 is 0. The molecular formula is C19H32. The van der Waals surface area contributed by atoms with Gasteiger partial charge in [-0.15, -0.1) is 0 Å². The molecule has 0 radical (unpaired) electrons. The average Bonchev–Trinajstić information content (AvgIpc) is 2.34. The Bertz CT molecular complexity index is 294. The fraction of sp³-hybridized carbons (Fsp3) is 0.579. The van der Waals surface area contributed by atoms with Crippen molar-refractivity contribution in [1.29, 1.82) is 0 Å². The molecule has 0 aromatic rings. The van der Waals surface area contributed by atoms with E-state index in [1.807, 2.05) is 0 Å². The summed E-state index contributed by atoms with van der Waals surface area (Å²) in [4.78, 5) is 0. The Balaban J connectivity index is 3.48. The maximum atomic E-state index is 2.31. The molecule has 0 unspecified atom stereocenters. The number of rotatable bonds is 9. The van der Waals surface area contributed by atoms with Gasteiger partial charge < -0.3 is 0 Å². The highest BCUT2D eigenvalue weighted by molar-refractivity contribution is 4.99.